The Morgan fingerprint density at radius 1 is 0.175 bits per heavy atom. The van der Waals surface area contributed by atoms with E-state index in [0.29, 0.717) is 53.9 Å². The van der Waals surface area contributed by atoms with E-state index in [1.165, 1.54) is 54.1 Å². The lowest BCUT2D eigenvalue weighted by molar-refractivity contribution is 0.448. The summed E-state index contributed by atoms with van der Waals surface area (Å²) in [6.07, 6.45) is 0. The van der Waals surface area contributed by atoms with E-state index in [2.05, 4.69) is 89.2 Å². The number of aryl methyl sites for hydroxylation is 7. The fourth-order valence-electron chi connectivity index (χ4n) is 14.1. The smallest absolute Gasteiger partial charge is 0.131 e. The van der Waals surface area contributed by atoms with E-state index in [-0.39, 0.29) is 171 Å². The summed E-state index contributed by atoms with van der Waals surface area (Å²) in [4.78, 5) is 0. The van der Waals surface area contributed by atoms with Crippen LogP contribution in [0.1, 0.15) is 144 Å². The molecular formula is C119H126F8O8P8. The molecule has 0 aliphatic heterocycles. The summed E-state index contributed by atoms with van der Waals surface area (Å²) in [5.74, 6) is 0.345. The molecule has 24 heteroatoms. The van der Waals surface area contributed by atoms with E-state index in [1.807, 2.05) is 170 Å². The van der Waals surface area contributed by atoms with Crippen molar-refractivity contribution in [2.75, 3.05) is 0 Å². The third kappa shape index (κ3) is 35.1. The minimum Gasteiger partial charge on any atom is -0.507 e. The molecule has 0 fully saturated rings. The van der Waals surface area contributed by atoms with Crippen LogP contribution in [0.4, 0.5) is 35.1 Å². The highest BCUT2D eigenvalue weighted by atomic mass is 31.1. The number of aromatic hydroxyl groups is 8. The molecular weight excluding hydrogens is 1960 g/mol. The summed E-state index contributed by atoms with van der Waals surface area (Å²) in [5, 5.41) is 91.5. The van der Waals surface area contributed by atoms with Gasteiger partial charge < -0.3 is 40.9 Å². The Balaban J connectivity index is 0.000000183. The first-order valence-corrected chi connectivity index (χ1v) is 54.1. The first-order chi connectivity index (χ1) is 67.4. The normalized spacial score (nSPS) is 11.7. The van der Waals surface area contributed by atoms with Gasteiger partial charge in [-0.1, -0.05) is 382 Å². The number of halogens is 8. The number of hydrogen-bond donors (Lipinski definition) is 8. The third-order valence-electron chi connectivity index (χ3n) is 22.1. The molecule has 0 aromatic heterocycles. The highest BCUT2D eigenvalue weighted by molar-refractivity contribution is 7.58. The van der Waals surface area contributed by atoms with Crippen LogP contribution >= 0.6 is 68.6 Å². The van der Waals surface area contributed by atoms with Crippen molar-refractivity contribution in [3.05, 3.63) is 429 Å². The molecule has 8 nitrogen and oxygen atoms in total. The van der Waals surface area contributed by atoms with Gasteiger partial charge in [-0.15, -0.1) is 0 Å². The maximum Gasteiger partial charge on any atom is 0.131 e. The van der Waals surface area contributed by atoms with E-state index < -0.39 is 0 Å². The van der Waals surface area contributed by atoms with Crippen molar-refractivity contribution in [2.45, 2.75) is 153 Å². The van der Waals surface area contributed by atoms with Crippen LogP contribution < -0.4 is 84.9 Å². The van der Waals surface area contributed by atoms with E-state index in [9.17, 15) is 76.0 Å². The number of phenolic OH excluding ortho intramolecular Hbond substituents is 8. The molecule has 0 heterocycles. The van der Waals surface area contributed by atoms with Gasteiger partial charge >= 0.3 is 0 Å². The second kappa shape index (κ2) is 53.6. The zero-order chi connectivity index (χ0) is 105. The Kier molecular flexibility index (Phi) is 43.2. The van der Waals surface area contributed by atoms with Crippen LogP contribution in [0.3, 0.4) is 0 Å². The Morgan fingerprint density at radius 2 is 0.427 bits per heavy atom. The highest BCUT2D eigenvalue weighted by Gasteiger charge is 2.28. The molecule has 0 saturated carbocycles. The van der Waals surface area contributed by atoms with Crippen LogP contribution in [0.15, 0.2) is 322 Å². The zero-order valence-corrected chi connectivity index (χ0v) is 91.7. The average molecular weight is 2080 g/mol. The van der Waals surface area contributed by atoms with Gasteiger partial charge in [0, 0.05) is 96.0 Å². The predicted molar refractivity (Wildman–Crippen MR) is 605 cm³/mol. The molecule has 0 saturated heterocycles. The van der Waals surface area contributed by atoms with E-state index in [0.717, 1.165) is 98.1 Å². The lowest BCUT2D eigenvalue weighted by Crippen LogP contribution is -2.21. The Hall–Kier alpha value is -11.2. The van der Waals surface area contributed by atoms with Crippen LogP contribution in [-0.2, 0) is 21.7 Å². The van der Waals surface area contributed by atoms with Crippen molar-refractivity contribution < 1.29 is 76.0 Å². The van der Waals surface area contributed by atoms with Crippen LogP contribution in [0.5, 0.6) is 46.0 Å². The maximum atomic E-state index is 14.0. The van der Waals surface area contributed by atoms with Gasteiger partial charge in [0.05, 0.1) is 0 Å². The van der Waals surface area contributed by atoms with Crippen LogP contribution in [0, 0.1) is 95.0 Å². The fourth-order valence-corrected chi connectivity index (χ4v) is 23.5. The number of benzene rings is 16. The minimum absolute atomic E-state index is 0.00687. The summed E-state index contributed by atoms with van der Waals surface area (Å²) in [7, 11) is 1.07. The molecule has 0 aliphatic carbocycles. The molecule has 8 unspecified atom stereocenters. The molecule has 0 bridgehead atoms. The molecule has 8 atom stereocenters. The van der Waals surface area contributed by atoms with Gasteiger partial charge in [0.25, 0.3) is 0 Å². The van der Waals surface area contributed by atoms with E-state index in [1.54, 1.807) is 146 Å². The van der Waals surface area contributed by atoms with Crippen LogP contribution in [0.25, 0.3) is 0 Å². The quantitative estimate of drug-likeness (QED) is 0.0350. The molecule has 0 amide bonds. The van der Waals surface area contributed by atoms with Gasteiger partial charge in [-0.3, -0.25) is 0 Å². The maximum absolute atomic E-state index is 14.0. The number of para-hydroxylation sites is 3. The third-order valence-corrected chi connectivity index (χ3v) is 33.1. The van der Waals surface area contributed by atoms with E-state index >= 15 is 0 Å². The van der Waals surface area contributed by atoms with Gasteiger partial charge in [-0.2, -0.15) is 0 Å². The fraction of sp³-hybridized carbons (Fsp3) is 0.193. The van der Waals surface area contributed by atoms with Crippen LogP contribution in [0.2, 0.25) is 0 Å². The summed E-state index contributed by atoms with van der Waals surface area (Å²) in [6, 6.07) is 92.8. The lowest BCUT2D eigenvalue weighted by Gasteiger charge is -2.27. The molecule has 16 rings (SSSR count). The van der Waals surface area contributed by atoms with Crippen molar-refractivity contribution in [3.63, 3.8) is 0 Å². The molecule has 0 aliphatic rings. The molecule has 143 heavy (non-hydrogen) atoms. The SMILES string of the molecule is CC(C)(C)c1cc(Pc2ccccc2F)c(O)c(C(C)(C)C)c1.Cc1cc(C(C)(C)C)cc(Pc2ccccc2F)c1O.Cc1cc(C)c(O)c(Pc2ccccc2F)c1.Cc1cc(Pc2ccccc2F)c(O)c(C(C)(C)C)c1.Cc1ccc(O)c(Pc2ccccc2F)c1.Cc1cccc(F)c1Pc1ccccc1O.Cc1cccc(Pc2ccccc2F)c1O.Oc1ccccc1Pc1ccccc1F. The van der Waals surface area contributed by atoms with Crippen LogP contribution in [-0.4, -0.2) is 40.9 Å². The van der Waals surface area contributed by atoms with Gasteiger partial charge in [0.1, 0.15) is 92.5 Å². The van der Waals surface area contributed by atoms with E-state index in [4.69, 9.17) is 0 Å². The second-order valence-electron chi connectivity index (χ2n) is 38.1. The minimum atomic E-state index is -0.223. The zero-order valence-electron chi connectivity index (χ0n) is 83.7. The summed E-state index contributed by atoms with van der Waals surface area (Å²) in [5.41, 5.74) is 10.5. The number of rotatable bonds is 16. The largest absolute Gasteiger partial charge is 0.507 e. The molecule has 16 aromatic rings. The van der Waals surface area contributed by atoms with Gasteiger partial charge in [0.15, 0.2) is 0 Å². The molecule has 16 aromatic carbocycles. The summed E-state index contributed by atoms with van der Waals surface area (Å²) < 4.78 is 109. The van der Waals surface area contributed by atoms with Crippen molar-refractivity contribution in [1.82, 2.24) is 0 Å². The predicted octanol–water partition coefficient (Wildman–Crippen LogP) is 24.6. The van der Waals surface area contributed by atoms with Crippen molar-refractivity contribution >= 4 is 154 Å². The highest BCUT2D eigenvalue weighted by Crippen LogP contribution is 2.39. The van der Waals surface area contributed by atoms with Crippen molar-refractivity contribution in [1.29, 1.82) is 0 Å². The summed E-state index contributed by atoms with van der Waals surface area (Å²) in [6.45, 7) is 38.7. The number of phenols is 8. The topological polar surface area (TPSA) is 162 Å². The first kappa shape index (κ1) is 115. The van der Waals surface area contributed by atoms with Gasteiger partial charge in [-0.25, -0.2) is 35.1 Å². The Morgan fingerprint density at radius 3 is 0.790 bits per heavy atom. The Labute approximate surface area is 852 Å². The standard InChI is InChI=1S/C20H26FOP.2C17H20FOP.C14H14FOP.3C13H12FOP.C12H10FOP/c1-19(2,3)13-11-14(20(4,5)6)18(22)17(12-13)23-16-10-8-7-9-15(16)21;1-11-9-12(17(2,3)4)10-15(16(11)19)20-14-8-6-5-7-13(14)18;1-11-9-12(17(2,3)4)16(19)15(10-11)20-14-8-6-5-7-13(14)18;1-9-7-10(2)14(16)13(8-9)17-12-6-4-3-5-11(12)15;1-9-5-4-6-10(14)13(9)16-12-8-3-2-7-11(12)15;1-9-5-4-8-12(13(9)15)16-11-7-3-2-6-10(11)14;1-9-6-7-11(15)13(8-9)16-12-5-3-2-4-10(12)14;13-9-5-1-3-7-11(9)15-12-8-4-2-6-10(12)14/h7-12,22-23H,1-6H3;2*5-10,19-20H,1-4H3;3-8,16-17H,1-2H3;3*2-8,15-16H,1H3;1-8,14-15H. The number of hydrogen-bond acceptors (Lipinski definition) is 8. The second-order valence-corrected chi connectivity index (χ2v) is 48.7. The summed E-state index contributed by atoms with van der Waals surface area (Å²) >= 11 is 0. The average Bonchev–Trinajstić information content (AvgIpc) is 0.778. The molecule has 746 valence electrons. The monoisotopic (exact) mass is 2080 g/mol. The molecule has 8 N–H and O–H groups in total. The lowest BCUT2D eigenvalue weighted by atomic mass is 9.80. The molecule has 0 spiro atoms. The first-order valence-electron chi connectivity index (χ1n) is 46.1. The van der Waals surface area contributed by atoms with Gasteiger partial charge in [-0.05, 0) is 212 Å². The molecule has 0 radical (unpaired) electrons. The van der Waals surface area contributed by atoms with Crippen molar-refractivity contribution in [3.8, 4) is 46.0 Å². The van der Waals surface area contributed by atoms with Crippen molar-refractivity contribution in [2.24, 2.45) is 0 Å². The Bertz CT molecular complexity index is 6840. The van der Waals surface area contributed by atoms with Gasteiger partial charge in [0.2, 0.25) is 0 Å².